The maximum Gasteiger partial charge on any atom is 0.352 e. The molecule has 112 valence electrons. The number of carbonyl (C=O) groups is 2. The fourth-order valence-electron chi connectivity index (χ4n) is 1.63. The summed E-state index contributed by atoms with van der Waals surface area (Å²) < 4.78 is 27.4. The molecule has 0 aliphatic heterocycles. The Balaban J connectivity index is 2.97. The summed E-state index contributed by atoms with van der Waals surface area (Å²) in [5.74, 6) is -1.82. The van der Waals surface area contributed by atoms with Crippen molar-refractivity contribution >= 4 is 21.9 Å². The number of nitrogens with two attached hydrogens (primary N) is 1. The Morgan fingerprint density at radius 3 is 2.60 bits per heavy atom. The highest BCUT2D eigenvalue weighted by molar-refractivity contribution is 7.89. The molecule has 1 aromatic heterocycles. The number of sulfonamides is 1. The lowest BCUT2D eigenvalue weighted by molar-refractivity contribution is -0.117. The van der Waals surface area contributed by atoms with Crippen LogP contribution in [0.4, 0.5) is 0 Å². The molecule has 8 nitrogen and oxygen atoms in total. The second kappa shape index (κ2) is 6.53. The van der Waals surface area contributed by atoms with Gasteiger partial charge in [0.1, 0.15) is 10.6 Å². The van der Waals surface area contributed by atoms with E-state index in [1.807, 2.05) is 6.92 Å². The molecule has 0 atom stereocenters. The Morgan fingerprint density at radius 2 is 2.10 bits per heavy atom. The normalized spacial score (nSPS) is 11.4. The predicted octanol–water partition coefficient (Wildman–Crippen LogP) is -0.250. The number of carboxylic acid groups (broad SMARTS) is 1. The first-order valence-corrected chi connectivity index (χ1v) is 7.47. The molecule has 20 heavy (non-hydrogen) atoms. The summed E-state index contributed by atoms with van der Waals surface area (Å²) in [5.41, 5.74) is 4.82. The zero-order valence-electron chi connectivity index (χ0n) is 11.0. The van der Waals surface area contributed by atoms with Crippen LogP contribution in [0.2, 0.25) is 0 Å². The lowest BCUT2D eigenvalue weighted by atomic mass is 10.4. The minimum atomic E-state index is -3.85. The maximum absolute atomic E-state index is 11.9. The largest absolute Gasteiger partial charge is 0.477 e. The zero-order chi connectivity index (χ0) is 15.3. The Kier molecular flexibility index (Phi) is 5.28. The number of carboxylic acids is 1. The number of aromatic carboxylic acids is 1. The van der Waals surface area contributed by atoms with E-state index in [1.165, 1.54) is 10.8 Å². The van der Waals surface area contributed by atoms with Crippen LogP contribution in [0.15, 0.2) is 17.2 Å². The lowest BCUT2D eigenvalue weighted by Gasteiger charge is -2.03. The molecule has 0 bridgehead atoms. The van der Waals surface area contributed by atoms with E-state index in [9.17, 15) is 18.0 Å². The number of aryl methyl sites for hydroxylation is 1. The number of aromatic nitrogens is 1. The van der Waals surface area contributed by atoms with Gasteiger partial charge in [0.05, 0.1) is 0 Å². The van der Waals surface area contributed by atoms with Crippen molar-refractivity contribution in [1.82, 2.24) is 9.29 Å². The molecule has 0 saturated heterocycles. The molecule has 1 aromatic rings. The highest BCUT2D eigenvalue weighted by Crippen LogP contribution is 2.15. The zero-order valence-corrected chi connectivity index (χ0v) is 11.8. The molecule has 0 aromatic carbocycles. The average molecular weight is 303 g/mol. The van der Waals surface area contributed by atoms with Crippen LogP contribution in [-0.2, 0) is 21.4 Å². The Morgan fingerprint density at radius 1 is 1.45 bits per heavy atom. The van der Waals surface area contributed by atoms with Gasteiger partial charge in [-0.05, 0) is 12.5 Å². The van der Waals surface area contributed by atoms with E-state index in [1.54, 1.807) is 0 Å². The first-order valence-electron chi connectivity index (χ1n) is 5.99. The van der Waals surface area contributed by atoms with Crippen molar-refractivity contribution in [3.63, 3.8) is 0 Å². The number of primary amides is 1. The monoisotopic (exact) mass is 303 g/mol. The van der Waals surface area contributed by atoms with Gasteiger partial charge in [0, 0.05) is 25.7 Å². The Bertz CT molecular complexity index is 606. The van der Waals surface area contributed by atoms with Crippen molar-refractivity contribution in [1.29, 1.82) is 0 Å². The van der Waals surface area contributed by atoms with Gasteiger partial charge in [0.15, 0.2) is 0 Å². The van der Waals surface area contributed by atoms with Gasteiger partial charge in [-0.25, -0.2) is 17.9 Å². The van der Waals surface area contributed by atoms with Crippen molar-refractivity contribution in [2.75, 3.05) is 6.54 Å². The molecule has 9 heteroatoms. The van der Waals surface area contributed by atoms with Gasteiger partial charge in [-0.1, -0.05) is 6.92 Å². The standard InChI is InChI=1S/C11H17N3O5S/c1-2-5-14-7-8(6-9(14)11(16)17)20(18,19)13-4-3-10(12)15/h6-7,13H,2-5H2,1H3,(H2,12,15)(H,16,17). The van der Waals surface area contributed by atoms with Crippen LogP contribution in [0.25, 0.3) is 0 Å². The summed E-state index contributed by atoms with van der Waals surface area (Å²) in [6, 6.07) is 1.09. The van der Waals surface area contributed by atoms with Gasteiger partial charge in [-0.3, -0.25) is 4.79 Å². The van der Waals surface area contributed by atoms with Gasteiger partial charge < -0.3 is 15.4 Å². The minimum Gasteiger partial charge on any atom is -0.477 e. The van der Waals surface area contributed by atoms with Crippen LogP contribution in [0, 0.1) is 0 Å². The van der Waals surface area contributed by atoms with Gasteiger partial charge in [0.2, 0.25) is 15.9 Å². The number of hydrogen-bond acceptors (Lipinski definition) is 4. The van der Waals surface area contributed by atoms with E-state index >= 15 is 0 Å². The van der Waals surface area contributed by atoms with Crippen LogP contribution in [0.1, 0.15) is 30.3 Å². The minimum absolute atomic E-state index is 0.0953. The molecule has 4 N–H and O–H groups in total. The van der Waals surface area contributed by atoms with Crippen LogP contribution in [0.5, 0.6) is 0 Å². The van der Waals surface area contributed by atoms with Crippen molar-refractivity contribution in [2.45, 2.75) is 31.2 Å². The summed E-state index contributed by atoms with van der Waals surface area (Å²) in [6.07, 6.45) is 1.81. The van der Waals surface area contributed by atoms with E-state index in [2.05, 4.69) is 4.72 Å². The van der Waals surface area contributed by atoms with Crippen molar-refractivity contribution < 1.29 is 23.1 Å². The molecule has 0 fully saturated rings. The highest BCUT2D eigenvalue weighted by atomic mass is 32.2. The maximum atomic E-state index is 11.9. The number of carbonyl (C=O) groups excluding carboxylic acids is 1. The third kappa shape index (κ3) is 4.07. The third-order valence-electron chi connectivity index (χ3n) is 2.53. The molecule has 1 amide bonds. The second-order valence-electron chi connectivity index (χ2n) is 4.17. The van der Waals surface area contributed by atoms with Crippen molar-refractivity contribution in [3.8, 4) is 0 Å². The summed E-state index contributed by atoms with van der Waals surface area (Å²) >= 11 is 0. The van der Waals surface area contributed by atoms with Crippen LogP contribution in [-0.4, -0.2) is 36.5 Å². The van der Waals surface area contributed by atoms with E-state index in [0.29, 0.717) is 13.0 Å². The number of hydrogen-bond donors (Lipinski definition) is 3. The molecule has 1 heterocycles. The van der Waals surface area contributed by atoms with Gasteiger partial charge in [-0.2, -0.15) is 0 Å². The van der Waals surface area contributed by atoms with Gasteiger partial charge in [-0.15, -0.1) is 0 Å². The molecule has 0 unspecified atom stereocenters. The van der Waals surface area contributed by atoms with E-state index < -0.39 is 21.9 Å². The number of amides is 1. The van der Waals surface area contributed by atoms with Crippen LogP contribution < -0.4 is 10.5 Å². The van der Waals surface area contributed by atoms with E-state index in [4.69, 9.17) is 10.8 Å². The quantitative estimate of drug-likeness (QED) is 0.609. The average Bonchev–Trinajstić information content (AvgIpc) is 2.73. The summed E-state index contributed by atoms with van der Waals surface area (Å²) in [5, 5.41) is 9.02. The lowest BCUT2D eigenvalue weighted by Crippen LogP contribution is -2.27. The Labute approximate surface area is 116 Å². The van der Waals surface area contributed by atoms with Gasteiger partial charge >= 0.3 is 5.97 Å². The number of nitrogens with zero attached hydrogens (tertiary/aromatic N) is 1. The number of rotatable bonds is 8. The second-order valence-corrected chi connectivity index (χ2v) is 5.94. The summed E-state index contributed by atoms with van der Waals surface area (Å²) in [7, 11) is -3.85. The summed E-state index contributed by atoms with van der Waals surface area (Å²) in [4.78, 5) is 21.5. The number of nitrogens with one attached hydrogen (secondary N) is 1. The van der Waals surface area contributed by atoms with E-state index in [-0.39, 0.29) is 23.6 Å². The van der Waals surface area contributed by atoms with Crippen molar-refractivity contribution in [2.24, 2.45) is 5.73 Å². The first kappa shape index (κ1) is 16.2. The molecule has 0 aliphatic carbocycles. The Hall–Kier alpha value is -1.87. The molecule has 0 radical (unpaired) electrons. The predicted molar refractivity (Wildman–Crippen MR) is 70.7 cm³/mol. The molecule has 0 spiro atoms. The first-order chi connectivity index (χ1) is 9.27. The fourth-order valence-corrected chi connectivity index (χ4v) is 2.70. The van der Waals surface area contributed by atoms with Crippen LogP contribution >= 0.6 is 0 Å². The fraction of sp³-hybridized carbons (Fsp3) is 0.455. The molecule has 0 saturated carbocycles. The van der Waals surface area contributed by atoms with Gasteiger partial charge in [0.25, 0.3) is 0 Å². The SMILES string of the molecule is CCCn1cc(S(=O)(=O)NCCC(N)=O)cc1C(=O)O. The van der Waals surface area contributed by atoms with Crippen molar-refractivity contribution in [3.05, 3.63) is 18.0 Å². The highest BCUT2D eigenvalue weighted by Gasteiger charge is 2.20. The van der Waals surface area contributed by atoms with E-state index in [0.717, 1.165) is 6.07 Å². The molecular weight excluding hydrogens is 286 g/mol. The topological polar surface area (TPSA) is 131 Å². The van der Waals surface area contributed by atoms with Crippen LogP contribution in [0.3, 0.4) is 0 Å². The molecular formula is C11H17N3O5S. The smallest absolute Gasteiger partial charge is 0.352 e. The summed E-state index contributed by atoms with van der Waals surface area (Å²) in [6.45, 7) is 2.13. The third-order valence-corrected chi connectivity index (χ3v) is 3.96. The molecule has 0 aliphatic rings. The molecule has 1 rings (SSSR count).